The SMILES string of the molecule is COc1c(F)cc(F)cc1-c1csc(N)n1. The van der Waals surface area contributed by atoms with Gasteiger partial charge in [-0.2, -0.15) is 0 Å². The maximum absolute atomic E-state index is 13.4. The zero-order valence-corrected chi connectivity index (χ0v) is 9.15. The summed E-state index contributed by atoms with van der Waals surface area (Å²) in [6, 6.07) is 1.93. The lowest BCUT2D eigenvalue weighted by molar-refractivity contribution is 0.386. The van der Waals surface area contributed by atoms with Gasteiger partial charge in [0.15, 0.2) is 16.7 Å². The van der Waals surface area contributed by atoms with E-state index in [9.17, 15) is 8.78 Å². The first-order valence-corrected chi connectivity index (χ1v) is 5.24. The first kappa shape index (κ1) is 10.8. The van der Waals surface area contributed by atoms with Crippen molar-refractivity contribution in [1.29, 1.82) is 0 Å². The molecule has 3 nitrogen and oxygen atoms in total. The molecule has 0 saturated heterocycles. The summed E-state index contributed by atoms with van der Waals surface area (Å²) in [6.07, 6.45) is 0. The van der Waals surface area contributed by atoms with Gasteiger partial charge in [0, 0.05) is 17.0 Å². The summed E-state index contributed by atoms with van der Waals surface area (Å²) >= 11 is 1.20. The van der Waals surface area contributed by atoms with Crippen LogP contribution in [0.2, 0.25) is 0 Å². The highest BCUT2D eigenvalue weighted by Crippen LogP contribution is 2.34. The average Bonchev–Trinajstić information content (AvgIpc) is 2.63. The van der Waals surface area contributed by atoms with E-state index in [1.54, 1.807) is 5.38 Å². The number of halogens is 2. The van der Waals surface area contributed by atoms with Crippen LogP contribution < -0.4 is 10.5 Å². The molecule has 0 fully saturated rings. The highest BCUT2D eigenvalue weighted by molar-refractivity contribution is 7.13. The zero-order valence-electron chi connectivity index (χ0n) is 8.33. The van der Waals surface area contributed by atoms with Crippen LogP contribution in [0, 0.1) is 11.6 Å². The molecule has 2 rings (SSSR count). The molecule has 84 valence electrons. The van der Waals surface area contributed by atoms with E-state index in [0.29, 0.717) is 10.8 Å². The molecule has 0 aliphatic carbocycles. The summed E-state index contributed by atoms with van der Waals surface area (Å²) in [5.41, 5.74) is 6.12. The van der Waals surface area contributed by atoms with Crippen molar-refractivity contribution >= 4 is 16.5 Å². The van der Waals surface area contributed by atoms with Crippen LogP contribution in [0.3, 0.4) is 0 Å². The van der Waals surface area contributed by atoms with Crippen LogP contribution in [0.5, 0.6) is 5.75 Å². The van der Waals surface area contributed by atoms with Gasteiger partial charge in [0.05, 0.1) is 12.8 Å². The van der Waals surface area contributed by atoms with Gasteiger partial charge < -0.3 is 10.5 Å². The quantitative estimate of drug-likeness (QED) is 0.880. The van der Waals surface area contributed by atoms with Gasteiger partial charge in [0.2, 0.25) is 0 Å². The van der Waals surface area contributed by atoms with Gasteiger partial charge in [-0.05, 0) is 6.07 Å². The Kier molecular flexibility index (Phi) is 2.74. The Labute approximate surface area is 94.5 Å². The van der Waals surface area contributed by atoms with E-state index in [0.717, 1.165) is 12.1 Å². The van der Waals surface area contributed by atoms with Gasteiger partial charge in [-0.15, -0.1) is 11.3 Å². The smallest absolute Gasteiger partial charge is 0.180 e. The van der Waals surface area contributed by atoms with Gasteiger partial charge in [0.1, 0.15) is 5.82 Å². The van der Waals surface area contributed by atoms with Gasteiger partial charge in [0.25, 0.3) is 0 Å². The minimum absolute atomic E-state index is 0.0355. The number of hydrogen-bond acceptors (Lipinski definition) is 4. The number of rotatable bonds is 2. The average molecular weight is 242 g/mol. The van der Waals surface area contributed by atoms with Crippen molar-refractivity contribution in [2.45, 2.75) is 0 Å². The van der Waals surface area contributed by atoms with Crippen molar-refractivity contribution in [2.75, 3.05) is 12.8 Å². The van der Waals surface area contributed by atoms with Gasteiger partial charge in [-0.25, -0.2) is 13.8 Å². The Morgan fingerprint density at radius 2 is 2.12 bits per heavy atom. The molecule has 0 aliphatic rings. The fourth-order valence-corrected chi connectivity index (χ4v) is 1.93. The third-order valence-electron chi connectivity index (χ3n) is 2.01. The van der Waals surface area contributed by atoms with Crippen LogP contribution in [-0.2, 0) is 0 Å². The lowest BCUT2D eigenvalue weighted by Crippen LogP contribution is -1.94. The molecule has 0 amide bonds. The molecule has 0 radical (unpaired) electrons. The molecule has 0 aliphatic heterocycles. The zero-order chi connectivity index (χ0) is 11.7. The normalized spacial score (nSPS) is 10.4. The molecule has 1 aromatic heterocycles. The Balaban J connectivity index is 2.63. The molecule has 0 saturated carbocycles. The van der Waals surface area contributed by atoms with Crippen molar-refractivity contribution in [3.05, 3.63) is 29.1 Å². The highest BCUT2D eigenvalue weighted by Gasteiger charge is 2.15. The molecule has 6 heteroatoms. The number of thiazole rings is 1. The van der Waals surface area contributed by atoms with E-state index in [1.807, 2.05) is 0 Å². The maximum atomic E-state index is 13.4. The molecule has 2 aromatic rings. The van der Waals surface area contributed by atoms with E-state index in [-0.39, 0.29) is 11.3 Å². The number of anilines is 1. The molecular formula is C10H8F2N2OS. The van der Waals surface area contributed by atoms with Crippen LogP contribution in [0.1, 0.15) is 0 Å². The van der Waals surface area contributed by atoms with E-state index in [2.05, 4.69) is 4.98 Å². The molecule has 1 heterocycles. The van der Waals surface area contributed by atoms with Crippen molar-refractivity contribution in [2.24, 2.45) is 0 Å². The number of benzene rings is 1. The minimum Gasteiger partial charge on any atom is -0.493 e. The molecule has 0 bridgehead atoms. The molecule has 0 atom stereocenters. The number of nitrogens with zero attached hydrogens (tertiary/aromatic N) is 1. The van der Waals surface area contributed by atoms with Crippen LogP contribution in [-0.4, -0.2) is 12.1 Å². The van der Waals surface area contributed by atoms with Crippen LogP contribution in [0.25, 0.3) is 11.3 Å². The maximum Gasteiger partial charge on any atom is 0.180 e. The second-order valence-corrected chi connectivity index (χ2v) is 3.93. The highest BCUT2D eigenvalue weighted by atomic mass is 32.1. The summed E-state index contributed by atoms with van der Waals surface area (Å²) in [5.74, 6) is -1.48. The summed E-state index contributed by atoms with van der Waals surface area (Å²) in [5, 5.41) is 1.95. The van der Waals surface area contributed by atoms with Crippen molar-refractivity contribution in [1.82, 2.24) is 4.98 Å². The molecule has 2 N–H and O–H groups in total. The van der Waals surface area contributed by atoms with Gasteiger partial charge in [-0.3, -0.25) is 0 Å². The number of nitrogens with two attached hydrogens (primary N) is 1. The predicted octanol–water partition coefficient (Wildman–Crippen LogP) is 2.68. The van der Waals surface area contributed by atoms with Crippen molar-refractivity contribution in [3.8, 4) is 17.0 Å². The Morgan fingerprint density at radius 1 is 1.38 bits per heavy atom. The number of aromatic nitrogens is 1. The molecule has 0 spiro atoms. The lowest BCUT2D eigenvalue weighted by Gasteiger charge is -2.07. The fraction of sp³-hybridized carbons (Fsp3) is 0.100. The molecule has 1 aromatic carbocycles. The summed E-state index contributed by atoms with van der Waals surface area (Å²) in [7, 11) is 1.32. The van der Waals surface area contributed by atoms with E-state index >= 15 is 0 Å². The Hall–Kier alpha value is -1.69. The second-order valence-electron chi connectivity index (χ2n) is 3.04. The molecule has 16 heavy (non-hydrogen) atoms. The van der Waals surface area contributed by atoms with E-state index < -0.39 is 11.6 Å². The summed E-state index contributed by atoms with van der Waals surface area (Å²) < 4.78 is 31.3. The van der Waals surface area contributed by atoms with Crippen LogP contribution in [0.4, 0.5) is 13.9 Å². The lowest BCUT2D eigenvalue weighted by atomic mass is 10.1. The van der Waals surface area contributed by atoms with E-state index in [4.69, 9.17) is 10.5 Å². The summed E-state index contributed by atoms with van der Waals surface area (Å²) in [6.45, 7) is 0. The van der Waals surface area contributed by atoms with E-state index in [1.165, 1.54) is 18.4 Å². The fourth-order valence-electron chi connectivity index (χ4n) is 1.37. The third-order valence-corrected chi connectivity index (χ3v) is 2.68. The largest absolute Gasteiger partial charge is 0.493 e. The summed E-state index contributed by atoms with van der Waals surface area (Å²) in [4.78, 5) is 3.95. The topological polar surface area (TPSA) is 48.1 Å². The number of methoxy groups -OCH3 is 1. The van der Waals surface area contributed by atoms with Gasteiger partial charge in [-0.1, -0.05) is 0 Å². The van der Waals surface area contributed by atoms with Crippen molar-refractivity contribution < 1.29 is 13.5 Å². The van der Waals surface area contributed by atoms with Crippen LogP contribution >= 0.6 is 11.3 Å². The van der Waals surface area contributed by atoms with Crippen molar-refractivity contribution in [3.63, 3.8) is 0 Å². The monoisotopic (exact) mass is 242 g/mol. The Bertz CT molecular complexity index is 528. The third kappa shape index (κ3) is 1.83. The standard InChI is InChI=1S/C10H8F2N2OS/c1-15-9-6(2-5(11)3-7(9)12)8-4-16-10(13)14-8/h2-4H,1H3,(H2,13,14). The second kappa shape index (κ2) is 4.05. The predicted molar refractivity (Wildman–Crippen MR) is 58.4 cm³/mol. The molecule has 0 unspecified atom stereocenters. The number of hydrogen-bond donors (Lipinski definition) is 1. The minimum atomic E-state index is -0.760. The number of ether oxygens (including phenoxy) is 1. The first-order valence-electron chi connectivity index (χ1n) is 4.36. The number of nitrogen functional groups attached to an aromatic ring is 1. The van der Waals surface area contributed by atoms with Gasteiger partial charge >= 0.3 is 0 Å². The van der Waals surface area contributed by atoms with Crippen LogP contribution in [0.15, 0.2) is 17.5 Å². The molecular weight excluding hydrogens is 234 g/mol. The first-order chi connectivity index (χ1) is 7.61. The Morgan fingerprint density at radius 3 is 2.69 bits per heavy atom.